The largest absolute Gasteiger partial charge is 0.399 e. The Morgan fingerprint density at radius 2 is 1.84 bits per heavy atom. The van der Waals surface area contributed by atoms with Gasteiger partial charge in [0, 0.05) is 18.8 Å². The molecule has 7 heteroatoms. The Morgan fingerprint density at radius 3 is 2.37 bits per heavy atom. The van der Waals surface area contributed by atoms with Crippen molar-refractivity contribution in [2.24, 2.45) is 0 Å². The number of nitrogen functional groups attached to an aromatic ring is 1. The molecule has 0 bridgehead atoms. The van der Waals surface area contributed by atoms with Crippen LogP contribution in [0, 0.1) is 0 Å². The minimum Gasteiger partial charge on any atom is -0.399 e. The van der Waals surface area contributed by atoms with E-state index in [-0.39, 0.29) is 14.9 Å². The summed E-state index contributed by atoms with van der Waals surface area (Å²) in [5.41, 5.74) is 6.93. The van der Waals surface area contributed by atoms with Crippen molar-refractivity contribution in [3.8, 4) is 0 Å². The van der Waals surface area contributed by atoms with Crippen LogP contribution in [0.4, 0.5) is 5.69 Å². The van der Waals surface area contributed by atoms with Gasteiger partial charge in [0.15, 0.2) is 0 Å². The predicted molar refractivity (Wildman–Crippen MR) is 78.0 cm³/mol. The number of sulfonamides is 1. The Morgan fingerprint density at radius 1 is 1.26 bits per heavy atom. The standard InChI is InChI=1S/C12H14Cl2N2O2S/c1-8-3-2-4-16(7-8)19(17,18)12-10(13)5-9(15)6-11(12)14/h3,5-6H,2,4,7,15H2,1H3. The number of hydrogen-bond acceptors (Lipinski definition) is 3. The van der Waals surface area contributed by atoms with E-state index in [0.717, 1.165) is 5.57 Å². The molecule has 0 fully saturated rings. The van der Waals surface area contributed by atoms with Gasteiger partial charge in [-0.2, -0.15) is 4.31 Å². The fraction of sp³-hybridized carbons (Fsp3) is 0.333. The average Bonchev–Trinajstić information content (AvgIpc) is 2.26. The summed E-state index contributed by atoms with van der Waals surface area (Å²) in [4.78, 5) is -0.0697. The van der Waals surface area contributed by atoms with Crippen LogP contribution in [0.15, 0.2) is 28.7 Å². The second-order valence-corrected chi connectivity index (χ2v) is 7.18. The van der Waals surface area contributed by atoms with Gasteiger partial charge in [-0.3, -0.25) is 0 Å². The first-order valence-electron chi connectivity index (χ1n) is 5.72. The molecule has 1 aromatic rings. The molecule has 0 unspecified atom stereocenters. The van der Waals surface area contributed by atoms with E-state index < -0.39 is 10.0 Å². The summed E-state index contributed by atoms with van der Waals surface area (Å²) in [6, 6.07) is 2.79. The SMILES string of the molecule is CC1=CCCN(S(=O)(=O)c2c(Cl)cc(N)cc2Cl)C1. The summed E-state index contributed by atoms with van der Waals surface area (Å²) < 4.78 is 26.5. The zero-order valence-electron chi connectivity index (χ0n) is 10.4. The van der Waals surface area contributed by atoms with Gasteiger partial charge in [0.1, 0.15) is 4.90 Å². The molecule has 1 aromatic carbocycles. The van der Waals surface area contributed by atoms with Gasteiger partial charge in [0.05, 0.1) is 10.0 Å². The number of hydrogen-bond donors (Lipinski definition) is 1. The van der Waals surface area contributed by atoms with Gasteiger partial charge < -0.3 is 5.73 Å². The van der Waals surface area contributed by atoms with Crippen molar-refractivity contribution in [1.29, 1.82) is 0 Å². The first-order chi connectivity index (χ1) is 8.82. The smallest absolute Gasteiger partial charge is 0.246 e. The number of nitrogens with zero attached hydrogens (tertiary/aromatic N) is 1. The van der Waals surface area contributed by atoms with Crippen LogP contribution in [-0.4, -0.2) is 25.8 Å². The monoisotopic (exact) mass is 320 g/mol. The van der Waals surface area contributed by atoms with Crippen molar-refractivity contribution < 1.29 is 8.42 Å². The lowest BCUT2D eigenvalue weighted by atomic mass is 10.2. The van der Waals surface area contributed by atoms with Gasteiger partial charge in [0.2, 0.25) is 10.0 Å². The number of nitrogens with two attached hydrogens (primary N) is 1. The highest BCUT2D eigenvalue weighted by Gasteiger charge is 2.30. The second-order valence-electron chi connectivity index (χ2n) is 4.49. The normalized spacial score (nSPS) is 17.3. The Bertz CT molecular complexity index is 618. The molecule has 2 rings (SSSR count). The molecule has 0 amide bonds. The van der Waals surface area contributed by atoms with E-state index in [1.807, 2.05) is 13.0 Å². The maximum atomic E-state index is 12.6. The van der Waals surface area contributed by atoms with E-state index >= 15 is 0 Å². The zero-order chi connectivity index (χ0) is 14.2. The molecule has 0 aliphatic carbocycles. The topological polar surface area (TPSA) is 63.4 Å². The number of halogens is 2. The average molecular weight is 321 g/mol. The van der Waals surface area contributed by atoms with Crippen LogP contribution in [0.5, 0.6) is 0 Å². The van der Waals surface area contributed by atoms with Crippen molar-refractivity contribution in [3.05, 3.63) is 33.8 Å². The Hall–Kier alpha value is -0.750. The van der Waals surface area contributed by atoms with Crippen LogP contribution in [0.25, 0.3) is 0 Å². The van der Waals surface area contributed by atoms with Gasteiger partial charge in [-0.25, -0.2) is 8.42 Å². The maximum Gasteiger partial charge on any atom is 0.246 e. The highest BCUT2D eigenvalue weighted by molar-refractivity contribution is 7.89. The molecule has 0 radical (unpaired) electrons. The second kappa shape index (κ2) is 5.32. The first-order valence-corrected chi connectivity index (χ1v) is 7.92. The fourth-order valence-electron chi connectivity index (χ4n) is 2.04. The predicted octanol–water partition coefficient (Wildman–Crippen LogP) is 2.92. The third-order valence-electron chi connectivity index (χ3n) is 2.92. The quantitative estimate of drug-likeness (QED) is 0.673. The van der Waals surface area contributed by atoms with Crippen molar-refractivity contribution in [2.45, 2.75) is 18.2 Å². The Kier molecular flexibility index (Phi) is 4.11. The van der Waals surface area contributed by atoms with E-state index in [0.29, 0.717) is 25.2 Å². The van der Waals surface area contributed by atoms with Crippen LogP contribution in [-0.2, 0) is 10.0 Å². The molecule has 1 aliphatic heterocycles. The lowest BCUT2D eigenvalue weighted by Gasteiger charge is -2.26. The van der Waals surface area contributed by atoms with Crippen molar-refractivity contribution in [1.82, 2.24) is 4.31 Å². The summed E-state index contributed by atoms with van der Waals surface area (Å²) in [6.45, 7) is 2.68. The van der Waals surface area contributed by atoms with Crippen LogP contribution >= 0.6 is 23.2 Å². The molecular formula is C12H14Cl2N2O2S. The van der Waals surface area contributed by atoms with Crippen LogP contribution in [0.2, 0.25) is 10.0 Å². The van der Waals surface area contributed by atoms with E-state index in [1.54, 1.807) is 0 Å². The summed E-state index contributed by atoms with van der Waals surface area (Å²) in [7, 11) is -3.70. The van der Waals surface area contributed by atoms with Crippen LogP contribution in [0.3, 0.4) is 0 Å². The molecule has 0 spiro atoms. The maximum absolute atomic E-state index is 12.6. The van der Waals surface area contributed by atoms with Gasteiger partial charge in [-0.05, 0) is 25.5 Å². The number of anilines is 1. The van der Waals surface area contributed by atoms with Crippen LogP contribution < -0.4 is 5.73 Å². The Labute approximate surface area is 122 Å². The van der Waals surface area contributed by atoms with Crippen LogP contribution in [0.1, 0.15) is 13.3 Å². The Balaban J connectivity index is 2.49. The summed E-state index contributed by atoms with van der Waals surface area (Å²) in [6.07, 6.45) is 2.72. The molecule has 0 saturated heterocycles. The first kappa shape index (κ1) is 14.7. The van der Waals surface area contributed by atoms with Gasteiger partial charge in [0.25, 0.3) is 0 Å². The van der Waals surface area contributed by atoms with Gasteiger partial charge >= 0.3 is 0 Å². The van der Waals surface area contributed by atoms with E-state index in [9.17, 15) is 8.42 Å². The van der Waals surface area contributed by atoms with Gasteiger partial charge in [-0.15, -0.1) is 0 Å². The molecule has 0 saturated carbocycles. The summed E-state index contributed by atoms with van der Waals surface area (Å²) in [5.74, 6) is 0. The van der Waals surface area contributed by atoms with E-state index in [4.69, 9.17) is 28.9 Å². The molecule has 4 nitrogen and oxygen atoms in total. The van der Waals surface area contributed by atoms with E-state index in [2.05, 4.69) is 0 Å². The molecular weight excluding hydrogens is 307 g/mol. The molecule has 1 aliphatic rings. The minimum absolute atomic E-state index is 0.0530. The minimum atomic E-state index is -3.70. The van der Waals surface area contributed by atoms with Crippen molar-refractivity contribution >= 4 is 38.9 Å². The van der Waals surface area contributed by atoms with Crippen molar-refractivity contribution in [3.63, 3.8) is 0 Å². The third kappa shape index (κ3) is 2.89. The van der Waals surface area contributed by atoms with Crippen molar-refractivity contribution in [2.75, 3.05) is 18.8 Å². The lowest BCUT2D eigenvalue weighted by Crippen LogP contribution is -2.35. The molecule has 2 N–H and O–H groups in total. The highest BCUT2D eigenvalue weighted by Crippen LogP contribution is 2.34. The third-order valence-corrected chi connectivity index (χ3v) is 5.68. The zero-order valence-corrected chi connectivity index (χ0v) is 12.7. The lowest BCUT2D eigenvalue weighted by molar-refractivity contribution is 0.428. The molecule has 19 heavy (non-hydrogen) atoms. The highest BCUT2D eigenvalue weighted by atomic mass is 35.5. The molecule has 104 valence electrons. The molecule has 0 atom stereocenters. The molecule has 0 aromatic heterocycles. The molecule has 1 heterocycles. The summed E-state index contributed by atoms with van der Waals surface area (Å²) in [5, 5.41) is 0.106. The number of benzene rings is 1. The van der Waals surface area contributed by atoms with Gasteiger partial charge in [-0.1, -0.05) is 34.9 Å². The fourth-order valence-corrected chi connectivity index (χ4v) is 4.71. The van der Waals surface area contributed by atoms with E-state index in [1.165, 1.54) is 16.4 Å². The number of rotatable bonds is 2. The summed E-state index contributed by atoms with van der Waals surface area (Å²) >= 11 is 12.0.